The number of H-pyrrole nitrogens is 1. The molecule has 0 radical (unpaired) electrons. The highest BCUT2D eigenvalue weighted by Gasteiger charge is 2.18. The summed E-state index contributed by atoms with van der Waals surface area (Å²) in [5.74, 6) is 0.673. The third-order valence-electron chi connectivity index (χ3n) is 4.84. The third kappa shape index (κ3) is 3.85. The van der Waals surface area contributed by atoms with Gasteiger partial charge in [0.25, 0.3) is 0 Å². The van der Waals surface area contributed by atoms with Gasteiger partial charge in [0.15, 0.2) is 0 Å². The molecule has 0 unspecified atom stereocenters. The van der Waals surface area contributed by atoms with E-state index in [1.165, 1.54) is 28.7 Å². The predicted octanol–water partition coefficient (Wildman–Crippen LogP) is 4.87. The highest BCUT2D eigenvalue weighted by molar-refractivity contribution is 7.99. The Kier molecular flexibility index (Phi) is 5.38. The lowest BCUT2D eigenvalue weighted by Gasteiger charge is -2.36. The number of aromatic nitrogens is 1. The normalized spacial score (nSPS) is 15.7. The molecule has 2 heterocycles. The van der Waals surface area contributed by atoms with E-state index in [0.29, 0.717) is 5.02 Å². The molecule has 0 spiro atoms. The van der Waals surface area contributed by atoms with Crippen LogP contribution in [0.2, 0.25) is 5.02 Å². The first-order valence-corrected chi connectivity index (χ1v) is 10.2. The van der Waals surface area contributed by atoms with Crippen LogP contribution in [0.15, 0.2) is 53.6 Å². The van der Waals surface area contributed by atoms with Gasteiger partial charge in [-0.2, -0.15) is 0 Å². The van der Waals surface area contributed by atoms with Gasteiger partial charge in [0.2, 0.25) is 0 Å². The second-order valence-corrected chi connectivity index (χ2v) is 8.01. The zero-order valence-corrected chi connectivity index (χ0v) is 16.0. The number of thioether (sulfide) groups is 1. The van der Waals surface area contributed by atoms with Gasteiger partial charge in [0.05, 0.1) is 5.02 Å². The Morgan fingerprint density at radius 1 is 1.08 bits per heavy atom. The summed E-state index contributed by atoms with van der Waals surface area (Å²) in [7, 11) is 0. The van der Waals surface area contributed by atoms with Crippen molar-refractivity contribution in [2.75, 3.05) is 43.4 Å². The van der Waals surface area contributed by atoms with Crippen LogP contribution in [-0.4, -0.2) is 48.4 Å². The zero-order chi connectivity index (χ0) is 17.9. The molecule has 26 heavy (non-hydrogen) atoms. The Bertz CT molecular complexity index is 890. The van der Waals surface area contributed by atoms with Gasteiger partial charge in [0.1, 0.15) is 5.82 Å². The van der Waals surface area contributed by atoms with Gasteiger partial charge in [-0.1, -0.05) is 17.7 Å². The molecule has 0 bridgehead atoms. The van der Waals surface area contributed by atoms with E-state index in [2.05, 4.69) is 39.0 Å². The minimum Gasteiger partial charge on any atom is -0.368 e. The summed E-state index contributed by atoms with van der Waals surface area (Å²) < 4.78 is 13.1. The average molecular weight is 390 g/mol. The molecule has 1 saturated heterocycles. The molecule has 6 heteroatoms. The van der Waals surface area contributed by atoms with Crippen molar-refractivity contribution in [1.82, 2.24) is 9.88 Å². The van der Waals surface area contributed by atoms with E-state index in [1.54, 1.807) is 17.8 Å². The third-order valence-corrected chi connectivity index (χ3v) is 6.32. The maximum atomic E-state index is 13.1. The van der Waals surface area contributed by atoms with E-state index in [1.807, 2.05) is 6.20 Å². The molecule has 3 aromatic rings. The number of fused-ring (bicyclic) bond motifs is 1. The molecule has 1 N–H and O–H groups in total. The first-order valence-electron chi connectivity index (χ1n) is 8.82. The number of nitrogens with one attached hydrogen (secondary N) is 1. The average Bonchev–Trinajstić information content (AvgIpc) is 3.13. The van der Waals surface area contributed by atoms with Gasteiger partial charge in [0, 0.05) is 66.2 Å². The van der Waals surface area contributed by atoms with Gasteiger partial charge < -0.3 is 9.88 Å². The van der Waals surface area contributed by atoms with E-state index >= 15 is 0 Å². The van der Waals surface area contributed by atoms with E-state index in [9.17, 15) is 4.39 Å². The minimum absolute atomic E-state index is 0.284. The largest absolute Gasteiger partial charge is 0.368 e. The monoisotopic (exact) mass is 389 g/mol. The van der Waals surface area contributed by atoms with Crippen LogP contribution in [0, 0.1) is 5.82 Å². The lowest BCUT2D eigenvalue weighted by atomic mass is 10.2. The number of hydrogen-bond donors (Lipinski definition) is 1. The molecule has 4 rings (SSSR count). The quantitative estimate of drug-likeness (QED) is 0.629. The second kappa shape index (κ2) is 7.91. The van der Waals surface area contributed by atoms with Crippen LogP contribution < -0.4 is 4.90 Å². The molecule has 3 nitrogen and oxygen atoms in total. The van der Waals surface area contributed by atoms with Gasteiger partial charge in [-0.05, 0) is 36.4 Å². The topological polar surface area (TPSA) is 22.3 Å². The Balaban J connectivity index is 1.29. The van der Waals surface area contributed by atoms with Crippen molar-refractivity contribution in [3.8, 4) is 0 Å². The van der Waals surface area contributed by atoms with Crippen LogP contribution in [0.3, 0.4) is 0 Å². The summed E-state index contributed by atoms with van der Waals surface area (Å²) in [5.41, 5.74) is 2.51. The summed E-state index contributed by atoms with van der Waals surface area (Å²) in [6.45, 7) is 5.19. The van der Waals surface area contributed by atoms with E-state index in [4.69, 9.17) is 11.6 Å². The molecular formula is C20H21ClFN3S. The maximum absolute atomic E-state index is 13.1. The number of piperazine rings is 1. The highest BCUT2D eigenvalue weighted by atomic mass is 35.5. The van der Waals surface area contributed by atoms with Crippen LogP contribution in [0.25, 0.3) is 10.9 Å². The second-order valence-electron chi connectivity index (χ2n) is 6.47. The number of aromatic amines is 1. The summed E-state index contributed by atoms with van der Waals surface area (Å²) in [5, 5.41) is 1.79. The Labute approximate surface area is 162 Å². The summed E-state index contributed by atoms with van der Waals surface area (Å²) in [6, 6.07) is 13.2. The Morgan fingerprint density at radius 2 is 1.92 bits per heavy atom. The first kappa shape index (κ1) is 17.7. The van der Waals surface area contributed by atoms with E-state index in [0.717, 1.165) is 43.4 Å². The van der Waals surface area contributed by atoms with Gasteiger partial charge >= 0.3 is 0 Å². The molecule has 1 aromatic heterocycles. The molecule has 0 saturated carbocycles. The molecule has 0 atom stereocenters. The van der Waals surface area contributed by atoms with Crippen LogP contribution in [0.4, 0.5) is 10.1 Å². The van der Waals surface area contributed by atoms with Crippen LogP contribution in [-0.2, 0) is 0 Å². The molecule has 1 fully saturated rings. The van der Waals surface area contributed by atoms with Crippen molar-refractivity contribution < 1.29 is 4.39 Å². The molecule has 136 valence electrons. The number of nitrogens with zero attached hydrogens (tertiary/aromatic N) is 2. The van der Waals surface area contributed by atoms with Crippen molar-refractivity contribution in [2.45, 2.75) is 4.90 Å². The summed E-state index contributed by atoms with van der Waals surface area (Å²) in [4.78, 5) is 9.19. The van der Waals surface area contributed by atoms with Crippen molar-refractivity contribution in [2.24, 2.45) is 0 Å². The summed E-state index contributed by atoms with van der Waals surface area (Å²) in [6.07, 6.45) is 2.00. The van der Waals surface area contributed by atoms with Crippen molar-refractivity contribution >= 4 is 40.0 Å². The van der Waals surface area contributed by atoms with Gasteiger partial charge in [-0.25, -0.2) is 4.39 Å². The molecule has 1 aliphatic heterocycles. The number of benzene rings is 2. The van der Waals surface area contributed by atoms with Crippen LogP contribution >= 0.6 is 23.4 Å². The SMILES string of the molecule is Fc1ccc(SCCN2CCN(c3cccc4[nH]ccc34)CC2)c(Cl)c1. The fourth-order valence-corrected chi connectivity index (χ4v) is 4.70. The van der Waals surface area contributed by atoms with Gasteiger partial charge in [-0.15, -0.1) is 11.8 Å². The first-order chi connectivity index (χ1) is 12.7. The van der Waals surface area contributed by atoms with Gasteiger partial charge in [-0.3, -0.25) is 4.90 Å². The molecule has 0 aliphatic carbocycles. The van der Waals surface area contributed by atoms with E-state index in [-0.39, 0.29) is 5.82 Å². The van der Waals surface area contributed by atoms with Crippen LogP contribution in [0.1, 0.15) is 0 Å². The molecule has 2 aromatic carbocycles. The standard InChI is InChI=1S/C20H21ClFN3S/c21-17-14-15(22)4-5-20(17)26-13-12-24-8-10-25(11-9-24)19-3-1-2-18-16(19)6-7-23-18/h1-7,14,23H,8-13H2. The fraction of sp³-hybridized carbons (Fsp3) is 0.300. The number of rotatable bonds is 5. The smallest absolute Gasteiger partial charge is 0.124 e. The lowest BCUT2D eigenvalue weighted by Crippen LogP contribution is -2.47. The van der Waals surface area contributed by atoms with E-state index < -0.39 is 0 Å². The lowest BCUT2D eigenvalue weighted by molar-refractivity contribution is 0.273. The fourth-order valence-electron chi connectivity index (χ4n) is 3.43. The maximum Gasteiger partial charge on any atom is 0.124 e. The Morgan fingerprint density at radius 3 is 2.73 bits per heavy atom. The molecular weight excluding hydrogens is 369 g/mol. The number of anilines is 1. The van der Waals surface area contributed by atoms with Crippen molar-refractivity contribution in [3.63, 3.8) is 0 Å². The predicted molar refractivity (Wildman–Crippen MR) is 109 cm³/mol. The molecule has 0 amide bonds. The van der Waals surface area contributed by atoms with Crippen LogP contribution in [0.5, 0.6) is 0 Å². The van der Waals surface area contributed by atoms with Crippen molar-refractivity contribution in [1.29, 1.82) is 0 Å². The number of halogens is 2. The number of hydrogen-bond acceptors (Lipinski definition) is 3. The minimum atomic E-state index is -0.284. The van der Waals surface area contributed by atoms with Crippen molar-refractivity contribution in [3.05, 3.63) is 59.5 Å². The summed E-state index contributed by atoms with van der Waals surface area (Å²) >= 11 is 7.78. The zero-order valence-electron chi connectivity index (χ0n) is 14.4. The highest BCUT2D eigenvalue weighted by Crippen LogP contribution is 2.29. The Hall–Kier alpha value is -1.69. The molecule has 1 aliphatic rings.